The minimum atomic E-state index is -0.250. The second kappa shape index (κ2) is 9.63. The van der Waals surface area contributed by atoms with E-state index in [9.17, 15) is 4.79 Å². The fraction of sp³-hybridized carbons (Fsp3) is 0.467. The van der Waals surface area contributed by atoms with Gasteiger partial charge in [0.05, 0.1) is 20.1 Å². The summed E-state index contributed by atoms with van der Waals surface area (Å²) in [6.07, 6.45) is 0.298. The van der Waals surface area contributed by atoms with Crippen molar-refractivity contribution in [2.24, 2.45) is 4.99 Å². The van der Waals surface area contributed by atoms with Crippen molar-refractivity contribution in [1.29, 1.82) is 0 Å². The Hall–Kier alpha value is -2.24. The van der Waals surface area contributed by atoms with Gasteiger partial charge >= 0.3 is 5.97 Å². The molecule has 0 unspecified atom stereocenters. The number of carbonyl (C=O) groups is 1. The normalized spacial score (nSPS) is 10.9. The molecule has 116 valence electrons. The monoisotopic (exact) mass is 293 g/mol. The van der Waals surface area contributed by atoms with Crippen LogP contribution in [-0.2, 0) is 16.1 Å². The van der Waals surface area contributed by atoms with Crippen molar-refractivity contribution in [1.82, 2.24) is 10.6 Å². The van der Waals surface area contributed by atoms with Crippen molar-refractivity contribution in [3.8, 4) is 5.75 Å². The van der Waals surface area contributed by atoms with Crippen LogP contribution in [-0.4, -0.2) is 39.2 Å². The maximum absolute atomic E-state index is 11.0. The number of guanidine groups is 1. The summed E-state index contributed by atoms with van der Waals surface area (Å²) >= 11 is 0. The smallest absolute Gasteiger partial charge is 0.307 e. The first-order valence-corrected chi connectivity index (χ1v) is 6.93. The van der Waals surface area contributed by atoms with Gasteiger partial charge in [-0.15, -0.1) is 0 Å². The molecule has 0 fully saturated rings. The van der Waals surface area contributed by atoms with E-state index in [0.717, 1.165) is 11.3 Å². The second-order valence-electron chi connectivity index (χ2n) is 4.22. The molecule has 0 aromatic heterocycles. The van der Waals surface area contributed by atoms with Crippen molar-refractivity contribution < 1.29 is 14.3 Å². The average molecular weight is 293 g/mol. The summed E-state index contributed by atoms with van der Waals surface area (Å²) in [7, 11) is 3.06. The molecule has 0 aliphatic rings. The van der Waals surface area contributed by atoms with Crippen molar-refractivity contribution in [3.63, 3.8) is 0 Å². The highest BCUT2D eigenvalue weighted by Gasteiger charge is 2.05. The fourth-order valence-electron chi connectivity index (χ4n) is 1.73. The summed E-state index contributed by atoms with van der Waals surface area (Å²) in [5.41, 5.74) is 1.05. The molecule has 0 radical (unpaired) electrons. The Morgan fingerprint density at radius 2 is 2.05 bits per heavy atom. The van der Waals surface area contributed by atoms with Gasteiger partial charge in [0.1, 0.15) is 5.75 Å². The molecular weight excluding hydrogens is 270 g/mol. The lowest BCUT2D eigenvalue weighted by Gasteiger charge is -2.14. The lowest BCUT2D eigenvalue weighted by atomic mass is 10.2. The molecule has 0 atom stereocenters. The van der Waals surface area contributed by atoms with Crippen molar-refractivity contribution in [3.05, 3.63) is 29.8 Å². The van der Waals surface area contributed by atoms with Crippen molar-refractivity contribution in [2.75, 3.05) is 27.3 Å². The minimum Gasteiger partial charge on any atom is -0.494 e. The highest BCUT2D eigenvalue weighted by molar-refractivity contribution is 5.80. The number of methoxy groups -OCH3 is 1. The van der Waals surface area contributed by atoms with Crippen LogP contribution in [0.25, 0.3) is 0 Å². The summed E-state index contributed by atoms with van der Waals surface area (Å²) < 4.78 is 10.2. The molecule has 0 bridgehead atoms. The van der Waals surface area contributed by atoms with E-state index in [2.05, 4.69) is 20.4 Å². The van der Waals surface area contributed by atoms with Crippen LogP contribution in [0.4, 0.5) is 0 Å². The molecule has 0 saturated heterocycles. The number of aliphatic imine (C=N–C) groups is 1. The third-order valence-corrected chi connectivity index (χ3v) is 2.79. The number of nitrogens with one attached hydrogen (secondary N) is 2. The molecule has 0 aliphatic carbocycles. The Morgan fingerprint density at radius 1 is 1.29 bits per heavy atom. The fourth-order valence-corrected chi connectivity index (χ4v) is 1.73. The van der Waals surface area contributed by atoms with Crippen LogP contribution in [0, 0.1) is 0 Å². The zero-order chi connectivity index (χ0) is 15.5. The quantitative estimate of drug-likeness (QED) is 0.450. The maximum atomic E-state index is 11.0. The molecule has 1 rings (SSSR count). The summed E-state index contributed by atoms with van der Waals surface area (Å²) in [6, 6.07) is 7.85. The highest BCUT2D eigenvalue weighted by Crippen LogP contribution is 2.17. The summed E-state index contributed by atoms with van der Waals surface area (Å²) in [5, 5.41) is 6.24. The molecule has 1 aromatic carbocycles. The highest BCUT2D eigenvalue weighted by atomic mass is 16.5. The first kappa shape index (κ1) is 16.8. The van der Waals surface area contributed by atoms with E-state index in [4.69, 9.17) is 4.74 Å². The average Bonchev–Trinajstić information content (AvgIpc) is 2.52. The summed E-state index contributed by atoms with van der Waals surface area (Å²) in [4.78, 5) is 15.1. The van der Waals surface area contributed by atoms with E-state index in [1.54, 1.807) is 7.05 Å². The number of ether oxygens (including phenoxy) is 2. The van der Waals surface area contributed by atoms with Crippen molar-refractivity contribution in [2.45, 2.75) is 19.9 Å². The number of hydrogen-bond donors (Lipinski definition) is 2. The van der Waals surface area contributed by atoms with Gasteiger partial charge in [-0.25, -0.2) is 0 Å². The van der Waals surface area contributed by atoms with E-state index in [1.807, 2.05) is 31.2 Å². The molecule has 21 heavy (non-hydrogen) atoms. The van der Waals surface area contributed by atoms with E-state index in [0.29, 0.717) is 32.1 Å². The number of esters is 1. The maximum Gasteiger partial charge on any atom is 0.307 e. The molecule has 0 aliphatic heterocycles. The molecular formula is C15H23N3O3. The molecule has 0 saturated carbocycles. The lowest BCUT2D eigenvalue weighted by Crippen LogP contribution is -2.38. The zero-order valence-corrected chi connectivity index (χ0v) is 12.8. The Morgan fingerprint density at radius 3 is 2.71 bits per heavy atom. The van der Waals surface area contributed by atoms with Gasteiger partial charge in [0.15, 0.2) is 5.96 Å². The number of nitrogens with zero attached hydrogens (tertiary/aromatic N) is 1. The number of rotatable bonds is 7. The van der Waals surface area contributed by atoms with Gasteiger partial charge in [-0.1, -0.05) is 18.2 Å². The van der Waals surface area contributed by atoms with Crippen molar-refractivity contribution >= 4 is 11.9 Å². The molecule has 0 spiro atoms. The predicted octanol–water partition coefficient (Wildman–Crippen LogP) is 1.31. The SMILES string of the molecule is CCOc1ccccc1CNC(=NC)NCCC(=O)OC. The molecule has 6 nitrogen and oxygen atoms in total. The lowest BCUT2D eigenvalue weighted by molar-refractivity contribution is -0.140. The van der Waals surface area contributed by atoms with Gasteiger partial charge in [0.2, 0.25) is 0 Å². The van der Waals surface area contributed by atoms with E-state index in [-0.39, 0.29) is 5.97 Å². The van der Waals surface area contributed by atoms with Crippen LogP contribution >= 0.6 is 0 Å². The Labute approximate surface area is 125 Å². The van der Waals surface area contributed by atoms with Crippen LogP contribution in [0.1, 0.15) is 18.9 Å². The molecule has 0 amide bonds. The van der Waals surface area contributed by atoms with Crippen LogP contribution in [0.15, 0.2) is 29.3 Å². The van der Waals surface area contributed by atoms with Crippen LogP contribution in [0.2, 0.25) is 0 Å². The molecule has 6 heteroatoms. The topological polar surface area (TPSA) is 72.0 Å². The van der Waals surface area contributed by atoms with Gasteiger partial charge in [0.25, 0.3) is 0 Å². The Kier molecular flexibility index (Phi) is 7.71. The third-order valence-electron chi connectivity index (χ3n) is 2.79. The molecule has 1 aromatic rings. The van der Waals surface area contributed by atoms with Gasteiger partial charge in [0, 0.05) is 25.7 Å². The van der Waals surface area contributed by atoms with Gasteiger partial charge in [-0.05, 0) is 13.0 Å². The van der Waals surface area contributed by atoms with Crippen LogP contribution in [0.3, 0.4) is 0 Å². The number of carbonyl (C=O) groups excluding carboxylic acids is 1. The standard InChI is InChI=1S/C15H23N3O3/c1-4-21-13-8-6-5-7-12(13)11-18-15(16-2)17-10-9-14(19)20-3/h5-8H,4,9-11H2,1-3H3,(H2,16,17,18). The summed E-state index contributed by atoms with van der Waals surface area (Å²) in [6.45, 7) is 3.65. The van der Waals surface area contributed by atoms with Gasteiger partial charge in [-0.2, -0.15) is 0 Å². The molecule has 2 N–H and O–H groups in total. The van der Waals surface area contributed by atoms with E-state index < -0.39 is 0 Å². The van der Waals surface area contributed by atoms with E-state index >= 15 is 0 Å². The number of para-hydroxylation sites is 1. The number of hydrogen-bond acceptors (Lipinski definition) is 4. The Bertz CT molecular complexity index is 475. The van der Waals surface area contributed by atoms with Gasteiger partial charge < -0.3 is 20.1 Å². The predicted molar refractivity (Wildman–Crippen MR) is 82.4 cm³/mol. The van der Waals surface area contributed by atoms with Crippen LogP contribution in [0.5, 0.6) is 5.75 Å². The Balaban J connectivity index is 2.46. The zero-order valence-electron chi connectivity index (χ0n) is 12.8. The third kappa shape index (κ3) is 6.16. The first-order chi connectivity index (χ1) is 10.2. The minimum absolute atomic E-state index is 0.250. The summed E-state index contributed by atoms with van der Waals surface area (Å²) in [5.74, 6) is 1.24. The molecule has 0 heterocycles. The second-order valence-corrected chi connectivity index (χ2v) is 4.22. The van der Waals surface area contributed by atoms with Gasteiger partial charge in [-0.3, -0.25) is 9.79 Å². The largest absolute Gasteiger partial charge is 0.494 e. The van der Waals surface area contributed by atoms with E-state index in [1.165, 1.54) is 7.11 Å². The first-order valence-electron chi connectivity index (χ1n) is 6.93. The van der Waals surface area contributed by atoms with Crippen LogP contribution < -0.4 is 15.4 Å². The number of benzene rings is 1.